The molecule has 0 saturated heterocycles. The molecule has 1 rings (SSSR count). The summed E-state index contributed by atoms with van der Waals surface area (Å²) in [5.74, 6) is -3.56. The molecule has 1 aromatic rings. The molecule has 0 aliphatic heterocycles. The SMILES string of the molecule is CC(c1cccc(C(C)C(F)(F)F)c1)C(F)(F)F. The van der Waals surface area contributed by atoms with E-state index in [-0.39, 0.29) is 11.1 Å². The van der Waals surface area contributed by atoms with E-state index in [9.17, 15) is 26.3 Å². The summed E-state index contributed by atoms with van der Waals surface area (Å²) in [6.45, 7) is 1.86. The van der Waals surface area contributed by atoms with Crippen molar-refractivity contribution in [2.24, 2.45) is 0 Å². The van der Waals surface area contributed by atoms with Gasteiger partial charge in [-0.15, -0.1) is 0 Å². The van der Waals surface area contributed by atoms with Crippen LogP contribution in [0.5, 0.6) is 0 Å². The van der Waals surface area contributed by atoms with Crippen molar-refractivity contribution < 1.29 is 26.3 Å². The summed E-state index contributed by atoms with van der Waals surface area (Å²) in [6.07, 6.45) is -8.92. The molecule has 18 heavy (non-hydrogen) atoms. The van der Waals surface area contributed by atoms with Crippen LogP contribution in [0.4, 0.5) is 26.3 Å². The Balaban J connectivity index is 3.07. The molecule has 0 fully saturated rings. The van der Waals surface area contributed by atoms with Crippen molar-refractivity contribution in [3.05, 3.63) is 35.4 Å². The fraction of sp³-hybridized carbons (Fsp3) is 0.500. The van der Waals surface area contributed by atoms with Crippen LogP contribution in [-0.4, -0.2) is 12.4 Å². The van der Waals surface area contributed by atoms with E-state index in [0.29, 0.717) is 0 Å². The highest BCUT2D eigenvalue weighted by Crippen LogP contribution is 2.38. The van der Waals surface area contributed by atoms with Crippen LogP contribution in [0.1, 0.15) is 36.8 Å². The summed E-state index contributed by atoms with van der Waals surface area (Å²) in [5, 5.41) is 0. The largest absolute Gasteiger partial charge is 0.395 e. The Hall–Kier alpha value is -1.20. The highest BCUT2D eigenvalue weighted by Gasteiger charge is 2.39. The fourth-order valence-electron chi connectivity index (χ4n) is 1.48. The number of rotatable bonds is 2. The predicted octanol–water partition coefficient (Wildman–Crippen LogP) is 5.02. The normalized spacial score (nSPS) is 16.4. The molecule has 102 valence electrons. The third-order valence-electron chi connectivity index (χ3n) is 2.89. The third-order valence-corrected chi connectivity index (χ3v) is 2.89. The van der Waals surface area contributed by atoms with Gasteiger partial charge in [0.25, 0.3) is 0 Å². The highest BCUT2D eigenvalue weighted by molar-refractivity contribution is 5.29. The van der Waals surface area contributed by atoms with E-state index in [1.807, 2.05) is 0 Å². The fourth-order valence-corrected chi connectivity index (χ4v) is 1.48. The van der Waals surface area contributed by atoms with Crippen LogP contribution in [0.3, 0.4) is 0 Å². The maximum absolute atomic E-state index is 12.5. The Bertz CT molecular complexity index is 369. The van der Waals surface area contributed by atoms with Crippen LogP contribution in [0, 0.1) is 0 Å². The molecule has 2 atom stereocenters. The van der Waals surface area contributed by atoms with Crippen LogP contribution < -0.4 is 0 Å². The van der Waals surface area contributed by atoms with E-state index in [1.165, 1.54) is 18.2 Å². The maximum Gasteiger partial charge on any atom is 0.395 e. The van der Waals surface area contributed by atoms with Crippen molar-refractivity contribution in [1.82, 2.24) is 0 Å². The lowest BCUT2D eigenvalue weighted by Gasteiger charge is -2.20. The molecule has 0 N–H and O–H groups in total. The highest BCUT2D eigenvalue weighted by atomic mass is 19.4. The lowest BCUT2D eigenvalue weighted by Crippen LogP contribution is -2.20. The molecule has 0 nitrogen and oxygen atoms in total. The maximum atomic E-state index is 12.5. The van der Waals surface area contributed by atoms with Gasteiger partial charge in [0.15, 0.2) is 0 Å². The van der Waals surface area contributed by atoms with E-state index in [2.05, 4.69) is 0 Å². The number of benzene rings is 1. The van der Waals surface area contributed by atoms with Gasteiger partial charge in [-0.25, -0.2) is 0 Å². The van der Waals surface area contributed by atoms with Gasteiger partial charge in [-0.2, -0.15) is 26.3 Å². The molecule has 6 heteroatoms. The van der Waals surface area contributed by atoms with Gasteiger partial charge < -0.3 is 0 Å². The molecule has 0 saturated carbocycles. The summed E-state index contributed by atoms with van der Waals surface area (Å²) in [6, 6.07) is 4.56. The Morgan fingerprint density at radius 1 is 0.778 bits per heavy atom. The van der Waals surface area contributed by atoms with E-state index in [1.54, 1.807) is 0 Å². The summed E-state index contributed by atoms with van der Waals surface area (Å²) < 4.78 is 74.9. The van der Waals surface area contributed by atoms with Crippen LogP contribution >= 0.6 is 0 Å². The van der Waals surface area contributed by atoms with Crippen molar-refractivity contribution in [2.75, 3.05) is 0 Å². The monoisotopic (exact) mass is 270 g/mol. The van der Waals surface area contributed by atoms with Crippen LogP contribution in [0.15, 0.2) is 24.3 Å². The average Bonchev–Trinajstić information content (AvgIpc) is 2.24. The quantitative estimate of drug-likeness (QED) is 0.662. The number of alkyl halides is 6. The van der Waals surface area contributed by atoms with E-state index < -0.39 is 24.2 Å². The van der Waals surface area contributed by atoms with Gasteiger partial charge in [0.1, 0.15) is 0 Å². The molecule has 0 heterocycles. The van der Waals surface area contributed by atoms with Gasteiger partial charge >= 0.3 is 12.4 Å². The summed E-state index contributed by atoms with van der Waals surface area (Å²) in [7, 11) is 0. The molecule has 0 amide bonds. The topological polar surface area (TPSA) is 0 Å². The Kier molecular flexibility index (Phi) is 3.98. The first-order valence-electron chi connectivity index (χ1n) is 5.26. The van der Waals surface area contributed by atoms with Crippen molar-refractivity contribution in [3.8, 4) is 0 Å². The van der Waals surface area contributed by atoms with Gasteiger partial charge in [-0.1, -0.05) is 24.3 Å². The number of halogens is 6. The molecule has 0 aliphatic rings. The summed E-state index contributed by atoms with van der Waals surface area (Å²) >= 11 is 0. The Morgan fingerprint density at radius 2 is 1.11 bits per heavy atom. The van der Waals surface area contributed by atoms with Gasteiger partial charge in [0.05, 0.1) is 11.8 Å². The number of hydrogen-bond acceptors (Lipinski definition) is 0. The zero-order valence-electron chi connectivity index (χ0n) is 9.73. The lowest BCUT2D eigenvalue weighted by atomic mass is 9.93. The molecule has 2 unspecified atom stereocenters. The lowest BCUT2D eigenvalue weighted by molar-refractivity contribution is -0.146. The zero-order chi connectivity index (χ0) is 14.1. The van der Waals surface area contributed by atoms with Gasteiger partial charge in [0.2, 0.25) is 0 Å². The number of hydrogen-bond donors (Lipinski definition) is 0. The van der Waals surface area contributed by atoms with Gasteiger partial charge in [0, 0.05) is 0 Å². The van der Waals surface area contributed by atoms with Gasteiger partial charge in [-0.05, 0) is 25.0 Å². The molecular weight excluding hydrogens is 258 g/mol. The Labute approximate surface area is 101 Å². The molecule has 0 aromatic heterocycles. The minimum atomic E-state index is -4.46. The van der Waals surface area contributed by atoms with E-state index >= 15 is 0 Å². The zero-order valence-corrected chi connectivity index (χ0v) is 9.73. The second-order valence-corrected chi connectivity index (χ2v) is 4.20. The second kappa shape index (κ2) is 4.82. The van der Waals surface area contributed by atoms with Gasteiger partial charge in [-0.3, -0.25) is 0 Å². The summed E-state index contributed by atoms with van der Waals surface area (Å²) in [5.41, 5.74) is -0.313. The summed E-state index contributed by atoms with van der Waals surface area (Å²) in [4.78, 5) is 0. The van der Waals surface area contributed by atoms with Crippen LogP contribution in [0.2, 0.25) is 0 Å². The first-order chi connectivity index (χ1) is 8.03. The minimum absolute atomic E-state index is 0.156. The van der Waals surface area contributed by atoms with Crippen LogP contribution in [-0.2, 0) is 0 Å². The molecule has 1 aromatic carbocycles. The average molecular weight is 270 g/mol. The molecule has 0 spiro atoms. The van der Waals surface area contributed by atoms with E-state index in [0.717, 1.165) is 19.9 Å². The van der Waals surface area contributed by atoms with Crippen molar-refractivity contribution >= 4 is 0 Å². The van der Waals surface area contributed by atoms with Crippen LogP contribution in [0.25, 0.3) is 0 Å². The standard InChI is InChI=1S/C12H12F6/c1-7(11(13,14)15)9-4-3-5-10(6-9)8(2)12(16,17)18/h3-8H,1-2H3. The van der Waals surface area contributed by atoms with Crippen molar-refractivity contribution in [2.45, 2.75) is 38.0 Å². The van der Waals surface area contributed by atoms with Crippen molar-refractivity contribution in [1.29, 1.82) is 0 Å². The van der Waals surface area contributed by atoms with E-state index in [4.69, 9.17) is 0 Å². The first-order valence-corrected chi connectivity index (χ1v) is 5.26. The molecule has 0 radical (unpaired) electrons. The molecule has 0 bridgehead atoms. The Morgan fingerprint density at radius 3 is 1.39 bits per heavy atom. The molecule has 0 aliphatic carbocycles. The second-order valence-electron chi connectivity index (χ2n) is 4.20. The predicted molar refractivity (Wildman–Crippen MR) is 55.4 cm³/mol. The smallest absolute Gasteiger partial charge is 0.170 e. The third kappa shape index (κ3) is 3.40. The van der Waals surface area contributed by atoms with Crippen molar-refractivity contribution in [3.63, 3.8) is 0 Å². The molecular formula is C12H12F6. The minimum Gasteiger partial charge on any atom is -0.170 e. The first kappa shape index (κ1) is 14.9.